The number of nitrogens with zero attached hydrogens (tertiary/aromatic N) is 1. The van der Waals surface area contributed by atoms with Crippen molar-refractivity contribution in [3.05, 3.63) is 34.9 Å². The van der Waals surface area contributed by atoms with Gasteiger partial charge in [-0.15, -0.1) is 0 Å². The van der Waals surface area contributed by atoms with Crippen LogP contribution in [0.25, 0.3) is 0 Å². The topological polar surface area (TPSA) is 49.4 Å². The highest BCUT2D eigenvalue weighted by Gasteiger charge is 2.45. The predicted molar refractivity (Wildman–Crippen MR) is 76.2 cm³/mol. The summed E-state index contributed by atoms with van der Waals surface area (Å²) < 4.78 is 0. The fourth-order valence-electron chi connectivity index (χ4n) is 2.79. The van der Waals surface area contributed by atoms with Crippen LogP contribution >= 0.6 is 11.6 Å². The number of rotatable bonds is 2. The van der Waals surface area contributed by atoms with E-state index in [1.54, 1.807) is 11.0 Å². The van der Waals surface area contributed by atoms with Gasteiger partial charge in [0, 0.05) is 29.6 Å². The number of nitrogens with one attached hydrogen (secondary N) is 1. The minimum atomic E-state index is -0.599. The van der Waals surface area contributed by atoms with Crippen LogP contribution in [-0.2, 0) is 9.59 Å². The van der Waals surface area contributed by atoms with Gasteiger partial charge in [-0.25, -0.2) is 0 Å². The molecule has 106 valence electrons. The molecule has 0 radical (unpaired) electrons. The minimum Gasteiger partial charge on any atom is -0.352 e. The molecular formula is C15H17ClN2O2. The van der Waals surface area contributed by atoms with E-state index in [-0.39, 0.29) is 17.7 Å². The van der Waals surface area contributed by atoms with Crippen LogP contribution in [-0.4, -0.2) is 29.8 Å². The average Bonchev–Trinajstić information content (AvgIpc) is 3.16. The van der Waals surface area contributed by atoms with Gasteiger partial charge in [0.05, 0.1) is 0 Å². The molecule has 0 spiro atoms. The van der Waals surface area contributed by atoms with E-state index in [4.69, 9.17) is 11.6 Å². The van der Waals surface area contributed by atoms with E-state index in [1.165, 1.54) is 0 Å². The van der Waals surface area contributed by atoms with E-state index in [0.717, 1.165) is 6.42 Å². The molecule has 3 rings (SSSR count). The van der Waals surface area contributed by atoms with Gasteiger partial charge in [-0.05, 0) is 18.4 Å². The van der Waals surface area contributed by atoms with Crippen molar-refractivity contribution in [1.82, 2.24) is 10.2 Å². The Balaban J connectivity index is 1.93. The smallest absolute Gasteiger partial charge is 0.247 e. The molecule has 2 fully saturated rings. The summed E-state index contributed by atoms with van der Waals surface area (Å²) in [7, 11) is 0. The zero-order chi connectivity index (χ0) is 14.3. The van der Waals surface area contributed by atoms with Crippen LogP contribution in [0.3, 0.4) is 0 Å². The highest BCUT2D eigenvalue weighted by atomic mass is 35.5. The maximum absolute atomic E-state index is 12.5. The second-order valence-electron chi connectivity index (χ2n) is 5.57. The maximum atomic E-state index is 12.5. The van der Waals surface area contributed by atoms with Gasteiger partial charge < -0.3 is 10.2 Å². The van der Waals surface area contributed by atoms with E-state index in [1.807, 2.05) is 18.2 Å². The number of carbonyl (C=O) groups excluding carboxylic acids is 2. The van der Waals surface area contributed by atoms with Gasteiger partial charge in [-0.3, -0.25) is 9.59 Å². The third-order valence-electron chi connectivity index (χ3n) is 4.12. The summed E-state index contributed by atoms with van der Waals surface area (Å²) >= 11 is 6.20. The highest BCUT2D eigenvalue weighted by Crippen LogP contribution is 2.41. The quantitative estimate of drug-likeness (QED) is 0.906. The number of halogens is 1. The molecule has 1 aromatic rings. The molecule has 1 aromatic carbocycles. The first-order valence-electron chi connectivity index (χ1n) is 6.92. The van der Waals surface area contributed by atoms with Crippen molar-refractivity contribution >= 4 is 23.4 Å². The van der Waals surface area contributed by atoms with Crippen molar-refractivity contribution in [3.8, 4) is 0 Å². The summed E-state index contributed by atoms with van der Waals surface area (Å²) in [5.74, 6) is 0.438. The molecular weight excluding hydrogens is 276 g/mol. The Morgan fingerprint density at radius 1 is 1.40 bits per heavy atom. The van der Waals surface area contributed by atoms with Crippen LogP contribution in [0, 0.1) is 11.8 Å². The largest absolute Gasteiger partial charge is 0.352 e. The van der Waals surface area contributed by atoms with Gasteiger partial charge >= 0.3 is 0 Å². The molecule has 0 unspecified atom stereocenters. The molecule has 1 saturated heterocycles. The zero-order valence-electron chi connectivity index (χ0n) is 11.3. The summed E-state index contributed by atoms with van der Waals surface area (Å²) in [4.78, 5) is 26.4. The van der Waals surface area contributed by atoms with Crippen LogP contribution in [0.15, 0.2) is 24.3 Å². The Morgan fingerprint density at radius 3 is 2.75 bits per heavy atom. The first-order valence-corrected chi connectivity index (χ1v) is 7.30. The summed E-state index contributed by atoms with van der Waals surface area (Å²) in [6.07, 6.45) is 0.923. The second kappa shape index (κ2) is 5.09. The van der Waals surface area contributed by atoms with E-state index >= 15 is 0 Å². The SMILES string of the molecule is C[C@@H]1C[C@H]1C(=O)N1CCNC(=O)[C@H]1c1ccccc1Cl. The number of benzene rings is 1. The predicted octanol–water partition coefficient (Wildman–Crippen LogP) is 2.00. The lowest BCUT2D eigenvalue weighted by atomic mass is 10.0. The lowest BCUT2D eigenvalue weighted by Crippen LogP contribution is -2.52. The lowest BCUT2D eigenvalue weighted by Gasteiger charge is -2.36. The number of hydrogen-bond acceptors (Lipinski definition) is 2. The molecule has 1 N–H and O–H groups in total. The Bertz CT molecular complexity index is 561. The highest BCUT2D eigenvalue weighted by molar-refractivity contribution is 6.31. The Labute approximate surface area is 123 Å². The molecule has 5 heteroatoms. The minimum absolute atomic E-state index is 0.0749. The molecule has 1 aliphatic carbocycles. The van der Waals surface area contributed by atoms with Gasteiger partial charge in [-0.2, -0.15) is 0 Å². The van der Waals surface area contributed by atoms with Crippen LogP contribution in [0.2, 0.25) is 5.02 Å². The van der Waals surface area contributed by atoms with Gasteiger partial charge in [0.15, 0.2) is 0 Å². The zero-order valence-corrected chi connectivity index (χ0v) is 12.1. The van der Waals surface area contributed by atoms with Gasteiger partial charge in [0.2, 0.25) is 11.8 Å². The number of hydrogen-bond donors (Lipinski definition) is 1. The molecule has 1 aliphatic heterocycles. The summed E-state index contributed by atoms with van der Waals surface area (Å²) in [5.41, 5.74) is 0.702. The summed E-state index contributed by atoms with van der Waals surface area (Å²) in [5, 5.41) is 3.35. The molecule has 2 amide bonds. The second-order valence-corrected chi connectivity index (χ2v) is 5.97. The van der Waals surface area contributed by atoms with Crippen LogP contribution in [0.5, 0.6) is 0 Å². The fraction of sp³-hybridized carbons (Fsp3) is 0.467. The molecule has 0 bridgehead atoms. The number of carbonyl (C=O) groups is 2. The summed E-state index contributed by atoms with van der Waals surface area (Å²) in [6.45, 7) is 3.12. The summed E-state index contributed by atoms with van der Waals surface area (Å²) in [6, 6.07) is 6.63. The molecule has 0 aromatic heterocycles. The van der Waals surface area contributed by atoms with Gasteiger partial charge in [0.25, 0.3) is 0 Å². The van der Waals surface area contributed by atoms with Gasteiger partial charge in [-0.1, -0.05) is 36.7 Å². The first-order chi connectivity index (χ1) is 9.59. The van der Waals surface area contributed by atoms with E-state index in [9.17, 15) is 9.59 Å². The number of piperazine rings is 1. The molecule has 3 atom stereocenters. The maximum Gasteiger partial charge on any atom is 0.247 e. The van der Waals surface area contributed by atoms with Crippen LogP contribution in [0.1, 0.15) is 24.9 Å². The normalized spacial score (nSPS) is 29.0. The van der Waals surface area contributed by atoms with Crippen molar-refractivity contribution in [2.45, 2.75) is 19.4 Å². The fourth-order valence-corrected chi connectivity index (χ4v) is 3.03. The van der Waals surface area contributed by atoms with Crippen LogP contribution < -0.4 is 5.32 Å². The monoisotopic (exact) mass is 292 g/mol. The van der Waals surface area contributed by atoms with Crippen molar-refractivity contribution in [3.63, 3.8) is 0 Å². The first kappa shape index (κ1) is 13.4. The van der Waals surface area contributed by atoms with Gasteiger partial charge in [0.1, 0.15) is 6.04 Å². The third kappa shape index (κ3) is 2.29. The standard InChI is InChI=1S/C15H17ClN2O2/c1-9-8-11(9)15(20)18-7-6-17-14(19)13(18)10-4-2-3-5-12(10)16/h2-5,9,11,13H,6-8H2,1H3,(H,17,19)/t9-,11-,13-/m1/s1. The van der Waals surface area contributed by atoms with Crippen LogP contribution in [0.4, 0.5) is 0 Å². The van der Waals surface area contributed by atoms with E-state index < -0.39 is 6.04 Å². The molecule has 4 nitrogen and oxygen atoms in total. The van der Waals surface area contributed by atoms with Crippen molar-refractivity contribution in [2.75, 3.05) is 13.1 Å². The van der Waals surface area contributed by atoms with E-state index in [2.05, 4.69) is 12.2 Å². The van der Waals surface area contributed by atoms with Crippen molar-refractivity contribution < 1.29 is 9.59 Å². The lowest BCUT2D eigenvalue weighted by molar-refractivity contribution is -0.144. The number of amides is 2. The Morgan fingerprint density at radius 2 is 2.10 bits per heavy atom. The Hall–Kier alpha value is -1.55. The average molecular weight is 293 g/mol. The molecule has 20 heavy (non-hydrogen) atoms. The third-order valence-corrected chi connectivity index (χ3v) is 4.47. The molecule has 1 heterocycles. The molecule has 2 aliphatic rings. The molecule has 1 saturated carbocycles. The Kier molecular flexibility index (Phi) is 3.42. The van der Waals surface area contributed by atoms with E-state index in [0.29, 0.717) is 29.6 Å². The van der Waals surface area contributed by atoms with Crippen molar-refractivity contribution in [2.24, 2.45) is 11.8 Å². The van der Waals surface area contributed by atoms with Crippen molar-refractivity contribution in [1.29, 1.82) is 0 Å².